The van der Waals surface area contributed by atoms with E-state index in [9.17, 15) is 4.79 Å². The number of aromatic nitrogens is 4. The highest BCUT2D eigenvalue weighted by atomic mass is 16.1. The van der Waals surface area contributed by atoms with Gasteiger partial charge in [-0.25, -0.2) is 4.68 Å². The van der Waals surface area contributed by atoms with Gasteiger partial charge in [-0.3, -0.25) is 4.79 Å². The summed E-state index contributed by atoms with van der Waals surface area (Å²) < 4.78 is 1.70. The topological polar surface area (TPSA) is 72.7 Å². The molecule has 0 radical (unpaired) electrons. The van der Waals surface area contributed by atoms with Crippen molar-refractivity contribution < 1.29 is 4.79 Å². The highest BCUT2D eigenvalue weighted by Crippen LogP contribution is 2.08. The van der Waals surface area contributed by atoms with Crippen molar-refractivity contribution in [1.29, 1.82) is 0 Å². The fraction of sp³-hybridized carbons (Fsp3) is 0.333. The van der Waals surface area contributed by atoms with E-state index < -0.39 is 0 Å². The number of carbonyl (C=O) groups is 1. The fourth-order valence-electron chi connectivity index (χ4n) is 1.67. The Hall–Kier alpha value is -2.24. The van der Waals surface area contributed by atoms with Crippen LogP contribution in [0.2, 0.25) is 0 Å². The molecule has 94 valence electrons. The summed E-state index contributed by atoms with van der Waals surface area (Å²) in [6.45, 7) is 6.29. The first-order valence-corrected chi connectivity index (χ1v) is 5.77. The third-order valence-corrected chi connectivity index (χ3v) is 2.45. The molecule has 1 N–H and O–H groups in total. The predicted octanol–water partition coefficient (Wildman–Crippen LogP) is 1.03. The van der Waals surface area contributed by atoms with E-state index in [1.165, 1.54) is 0 Å². The van der Waals surface area contributed by atoms with Crippen LogP contribution >= 0.6 is 0 Å². The SMILES string of the molecule is CCNC(=O)c1ccc(-n2nc(C)cc2C)nn1. The molecule has 6 heteroatoms. The Morgan fingerprint density at radius 3 is 2.61 bits per heavy atom. The van der Waals surface area contributed by atoms with E-state index in [1.54, 1.807) is 16.8 Å². The lowest BCUT2D eigenvalue weighted by molar-refractivity contribution is 0.0950. The summed E-state index contributed by atoms with van der Waals surface area (Å²) >= 11 is 0. The van der Waals surface area contributed by atoms with Gasteiger partial charge in [-0.1, -0.05) is 0 Å². The zero-order valence-corrected chi connectivity index (χ0v) is 10.6. The molecular weight excluding hydrogens is 230 g/mol. The summed E-state index contributed by atoms with van der Waals surface area (Å²) in [5, 5.41) is 14.9. The largest absolute Gasteiger partial charge is 0.351 e. The van der Waals surface area contributed by atoms with E-state index in [4.69, 9.17) is 0 Å². The van der Waals surface area contributed by atoms with Gasteiger partial charge in [0.15, 0.2) is 11.5 Å². The van der Waals surface area contributed by atoms with Crippen LogP contribution in [0.25, 0.3) is 5.82 Å². The van der Waals surface area contributed by atoms with Gasteiger partial charge < -0.3 is 5.32 Å². The molecule has 0 bridgehead atoms. The van der Waals surface area contributed by atoms with E-state index in [1.807, 2.05) is 26.8 Å². The molecule has 2 aromatic heterocycles. The molecule has 0 atom stereocenters. The second-order valence-electron chi connectivity index (χ2n) is 3.98. The van der Waals surface area contributed by atoms with Crippen molar-refractivity contribution >= 4 is 5.91 Å². The average molecular weight is 245 g/mol. The van der Waals surface area contributed by atoms with Gasteiger partial charge >= 0.3 is 0 Å². The molecule has 0 aliphatic heterocycles. The van der Waals surface area contributed by atoms with Crippen LogP contribution in [0.3, 0.4) is 0 Å². The van der Waals surface area contributed by atoms with Crippen LogP contribution in [-0.2, 0) is 0 Å². The number of hydrogen-bond donors (Lipinski definition) is 1. The van der Waals surface area contributed by atoms with E-state index in [0.29, 0.717) is 18.1 Å². The van der Waals surface area contributed by atoms with Crippen LogP contribution in [0, 0.1) is 13.8 Å². The van der Waals surface area contributed by atoms with Gasteiger partial charge in [0, 0.05) is 12.2 Å². The van der Waals surface area contributed by atoms with Crippen LogP contribution in [0.15, 0.2) is 18.2 Å². The molecule has 0 spiro atoms. The van der Waals surface area contributed by atoms with Gasteiger partial charge in [-0.2, -0.15) is 5.10 Å². The summed E-state index contributed by atoms with van der Waals surface area (Å²) in [4.78, 5) is 11.5. The average Bonchev–Trinajstić information content (AvgIpc) is 2.69. The quantitative estimate of drug-likeness (QED) is 0.876. The zero-order chi connectivity index (χ0) is 13.1. The lowest BCUT2D eigenvalue weighted by atomic mass is 10.3. The van der Waals surface area contributed by atoms with Crippen LogP contribution in [-0.4, -0.2) is 32.4 Å². The van der Waals surface area contributed by atoms with E-state index in [0.717, 1.165) is 11.4 Å². The van der Waals surface area contributed by atoms with E-state index in [-0.39, 0.29) is 5.91 Å². The molecule has 18 heavy (non-hydrogen) atoms. The molecule has 0 unspecified atom stereocenters. The minimum Gasteiger partial charge on any atom is -0.351 e. The maximum atomic E-state index is 11.5. The lowest BCUT2D eigenvalue weighted by Crippen LogP contribution is -2.24. The minimum absolute atomic E-state index is 0.218. The number of rotatable bonds is 3. The first-order valence-electron chi connectivity index (χ1n) is 5.77. The standard InChI is InChI=1S/C12H15N5O/c1-4-13-12(18)10-5-6-11(15-14-10)17-9(3)7-8(2)16-17/h5-7H,4H2,1-3H3,(H,13,18). The Morgan fingerprint density at radius 2 is 2.11 bits per heavy atom. The highest BCUT2D eigenvalue weighted by molar-refractivity contribution is 5.92. The van der Waals surface area contributed by atoms with Gasteiger partial charge in [0.25, 0.3) is 5.91 Å². The van der Waals surface area contributed by atoms with Crippen LogP contribution in [0.1, 0.15) is 28.8 Å². The van der Waals surface area contributed by atoms with E-state index >= 15 is 0 Å². The Bertz CT molecular complexity index is 558. The van der Waals surface area contributed by atoms with Crippen LogP contribution < -0.4 is 5.32 Å². The van der Waals surface area contributed by atoms with Crippen molar-refractivity contribution in [2.24, 2.45) is 0 Å². The van der Waals surface area contributed by atoms with Crippen molar-refractivity contribution in [2.75, 3.05) is 6.54 Å². The maximum Gasteiger partial charge on any atom is 0.271 e. The molecule has 2 aromatic rings. The minimum atomic E-state index is -0.218. The summed E-state index contributed by atoms with van der Waals surface area (Å²) in [5.41, 5.74) is 2.21. The van der Waals surface area contributed by atoms with Gasteiger partial charge in [0.2, 0.25) is 0 Å². The van der Waals surface area contributed by atoms with Gasteiger partial charge in [-0.15, -0.1) is 10.2 Å². The molecule has 1 amide bonds. The molecule has 2 heterocycles. The first-order chi connectivity index (χ1) is 8.61. The molecule has 0 aromatic carbocycles. The predicted molar refractivity (Wildman–Crippen MR) is 66.6 cm³/mol. The van der Waals surface area contributed by atoms with Crippen LogP contribution in [0.5, 0.6) is 0 Å². The number of nitrogens with one attached hydrogen (secondary N) is 1. The molecule has 0 fully saturated rings. The molecule has 0 aliphatic rings. The van der Waals surface area contributed by atoms with E-state index in [2.05, 4.69) is 20.6 Å². The van der Waals surface area contributed by atoms with Gasteiger partial charge in [0.1, 0.15) is 0 Å². The second-order valence-corrected chi connectivity index (χ2v) is 3.98. The lowest BCUT2D eigenvalue weighted by Gasteiger charge is -2.04. The Balaban J connectivity index is 2.27. The van der Waals surface area contributed by atoms with Crippen molar-refractivity contribution in [2.45, 2.75) is 20.8 Å². The summed E-state index contributed by atoms with van der Waals surface area (Å²) in [6.07, 6.45) is 0. The first kappa shape index (κ1) is 12.2. The van der Waals surface area contributed by atoms with Gasteiger partial charge in [0.05, 0.1) is 5.69 Å². The number of hydrogen-bond acceptors (Lipinski definition) is 4. The monoisotopic (exact) mass is 245 g/mol. The maximum absolute atomic E-state index is 11.5. The van der Waals surface area contributed by atoms with Crippen molar-refractivity contribution in [1.82, 2.24) is 25.3 Å². The van der Waals surface area contributed by atoms with Crippen molar-refractivity contribution in [3.05, 3.63) is 35.3 Å². The highest BCUT2D eigenvalue weighted by Gasteiger charge is 2.09. The Labute approximate surface area is 105 Å². The molecule has 0 aliphatic carbocycles. The number of amides is 1. The van der Waals surface area contributed by atoms with Crippen LogP contribution in [0.4, 0.5) is 0 Å². The van der Waals surface area contributed by atoms with Gasteiger partial charge in [-0.05, 0) is 39.0 Å². The summed E-state index contributed by atoms with van der Waals surface area (Å²) in [7, 11) is 0. The summed E-state index contributed by atoms with van der Waals surface area (Å²) in [5.74, 6) is 0.388. The Morgan fingerprint density at radius 1 is 1.33 bits per heavy atom. The van der Waals surface area contributed by atoms with Crippen molar-refractivity contribution in [3.63, 3.8) is 0 Å². The zero-order valence-electron chi connectivity index (χ0n) is 10.6. The van der Waals surface area contributed by atoms with Crippen molar-refractivity contribution in [3.8, 4) is 5.82 Å². The third kappa shape index (κ3) is 2.37. The third-order valence-electron chi connectivity index (χ3n) is 2.45. The Kier molecular flexibility index (Phi) is 3.36. The second kappa shape index (κ2) is 4.95. The summed E-state index contributed by atoms with van der Waals surface area (Å²) in [6, 6.07) is 5.33. The number of carbonyl (C=O) groups excluding carboxylic acids is 1. The normalized spacial score (nSPS) is 10.4. The molecule has 6 nitrogen and oxygen atoms in total. The molecule has 2 rings (SSSR count). The number of aryl methyl sites for hydroxylation is 2. The fourth-order valence-corrected chi connectivity index (χ4v) is 1.67. The number of nitrogens with zero attached hydrogens (tertiary/aromatic N) is 4. The molecule has 0 saturated heterocycles. The molecule has 0 saturated carbocycles. The molecular formula is C12H15N5O. The smallest absolute Gasteiger partial charge is 0.271 e.